The van der Waals surface area contributed by atoms with Crippen LogP contribution in [-0.2, 0) is 94.0 Å². The molecule has 0 saturated carbocycles. The van der Waals surface area contributed by atoms with E-state index in [2.05, 4.69) is 34.8 Å². The fourth-order valence-corrected chi connectivity index (χ4v) is 18.1. The van der Waals surface area contributed by atoms with E-state index in [1.54, 1.807) is 119 Å². The number of nitrogens with two attached hydrogens (primary N) is 2. The van der Waals surface area contributed by atoms with Gasteiger partial charge in [-0.25, -0.2) is 4.57 Å². The number of rotatable bonds is 25. The largest absolute Gasteiger partial charge is 0.428 e. The van der Waals surface area contributed by atoms with Gasteiger partial charge in [-0.2, -0.15) is 0 Å². The molecule has 3 fully saturated rings. The van der Waals surface area contributed by atoms with Crippen molar-refractivity contribution in [2.24, 2.45) is 21.7 Å². The molecule has 0 amide bonds. The number of ether oxygens (including phenoxy) is 6. The van der Waals surface area contributed by atoms with Gasteiger partial charge in [0, 0.05) is 27.4 Å². The van der Waals surface area contributed by atoms with E-state index in [1.165, 1.54) is 0 Å². The minimum absolute atomic E-state index is 0. The fraction of sp³-hybridized carbons (Fsp3) is 0.611. The molecule has 3 saturated heterocycles. The first-order valence-corrected chi connectivity index (χ1v) is 42.6. The number of halogens is 3. The first kappa shape index (κ1) is 85.9. The van der Waals surface area contributed by atoms with Crippen molar-refractivity contribution in [3.05, 3.63) is 112 Å². The number of esters is 3. The van der Waals surface area contributed by atoms with Crippen molar-refractivity contribution in [2.45, 2.75) is 193 Å². The van der Waals surface area contributed by atoms with Crippen LogP contribution in [0.5, 0.6) is 17.2 Å². The molecule has 0 spiro atoms. The number of azide groups is 2. The van der Waals surface area contributed by atoms with E-state index in [0.717, 1.165) is 37.6 Å². The van der Waals surface area contributed by atoms with Gasteiger partial charge in [-0.15, -0.1) is 12.4 Å². The van der Waals surface area contributed by atoms with Gasteiger partial charge in [-0.05, 0) is 45.4 Å². The predicted molar refractivity (Wildman–Crippen MR) is 338 cm³/mol. The van der Waals surface area contributed by atoms with Gasteiger partial charge in [0.05, 0.1) is 31.0 Å². The first-order valence-electron chi connectivity index (χ1n) is 28.2. The quantitative estimate of drug-likeness (QED) is 0.00979. The minimum Gasteiger partial charge on any atom is -0.422 e. The van der Waals surface area contributed by atoms with Gasteiger partial charge in [0.2, 0.25) is 0 Å². The zero-order valence-electron chi connectivity index (χ0n) is 52.2. The molecule has 37 heteroatoms. The maximum absolute atomic E-state index is 12.3. The molecular formula is C54H86Cl3N10O19P3W2. The summed E-state index contributed by atoms with van der Waals surface area (Å²) < 4.78 is 71.5. The van der Waals surface area contributed by atoms with E-state index >= 15 is 0 Å². The Hall–Kier alpha value is -3.09. The second kappa shape index (κ2) is 43.2. The van der Waals surface area contributed by atoms with E-state index in [4.69, 9.17) is 96.6 Å². The van der Waals surface area contributed by atoms with Crippen LogP contribution in [0, 0.1) is 0 Å². The van der Waals surface area contributed by atoms with Crippen LogP contribution in [0.25, 0.3) is 20.9 Å². The van der Waals surface area contributed by atoms with Gasteiger partial charge in [0.15, 0.2) is 0 Å². The van der Waals surface area contributed by atoms with Crippen LogP contribution in [-0.4, -0.2) is 168 Å². The molecule has 3 aromatic carbocycles. The van der Waals surface area contributed by atoms with Crippen LogP contribution < -0.4 is 35.2 Å². The maximum Gasteiger partial charge on any atom is 0.428 e. The summed E-state index contributed by atoms with van der Waals surface area (Å²) in [5, 5.41) is 52.1. The number of aliphatic hydroxyl groups excluding tert-OH is 4. The van der Waals surface area contributed by atoms with Crippen molar-refractivity contribution in [1.29, 1.82) is 0 Å². The Morgan fingerprint density at radius 1 is 0.593 bits per heavy atom. The van der Waals surface area contributed by atoms with Gasteiger partial charge in [0.1, 0.15) is 17.9 Å². The molecule has 0 aliphatic carbocycles. The standard InChI is InChI=1S/C18H27N4O6P.C18H29N2O6P.C6H5Cl2O2P.C6H11N3O3.C6H13NO2.ClH.2W/c1-11(2)26-18(24)12(3)21-29(28-14-8-6-5-7-9-14)25-10-15-17(23)16(20-22-19)13(4)27-15;1-11(2)24-18(22)12(3)20-27(26-14-8-6-5-7-9-14)23-10-15-17(21)16(19)13(4)25-15;7-11(8,9)10-6-4-2-1-3-5-6;1-3-5(8-9-7)6(11)4(2-10)12-3;1-4(2)9-6(8)5(3)7;;;/h5-9,11-13,15-17,21,23H,10H2,1-4H3;5-9,11-13,15-17,20-21H,10,19H2,1-4H3;1-5H;3-6,10-11H,2H2,1H3;4-5H,7H2,1-3H3;1H;;/t12-,13-,15+,16-,17+,29?;12-,13-,15+,16-,17+,27?;;3-,4+,5-,6+;5-;;;/m00.00.../s1. The normalized spacial score (nSPS) is 25.4. The molecule has 3 aliphatic heterocycles. The van der Waals surface area contributed by atoms with Gasteiger partial charge in [-0.1, -0.05) is 23.3 Å². The predicted octanol–water partition coefficient (Wildman–Crippen LogP) is 8.94. The molecular weight excluding hydrogens is 1660 g/mol. The summed E-state index contributed by atoms with van der Waals surface area (Å²) in [4.78, 5) is 40.5. The number of aliphatic hydroxyl groups is 4. The number of hydrogen-bond acceptors (Lipinski definition) is 25. The number of carbonyl (C=O) groups is 3. The average Bonchev–Trinajstić information content (AvgIpc) is 1.83. The minimum atomic E-state index is -3.44. The van der Waals surface area contributed by atoms with Crippen molar-refractivity contribution in [3.63, 3.8) is 0 Å². The third-order valence-electron chi connectivity index (χ3n) is 12.0. The number of hydrogen-bond donors (Lipinski definition) is 8. The van der Waals surface area contributed by atoms with E-state index in [9.17, 15) is 34.3 Å². The van der Waals surface area contributed by atoms with Crippen LogP contribution in [0.1, 0.15) is 83.1 Å². The molecule has 3 aliphatic rings. The molecule has 91 heavy (non-hydrogen) atoms. The molecule has 0 aromatic heterocycles. The molecule has 2 unspecified atom stereocenters. The first-order chi connectivity index (χ1) is 42.1. The third kappa shape index (κ3) is 32.9. The smallest absolute Gasteiger partial charge is 0.422 e. The Kier molecular flexibility index (Phi) is 40.7. The summed E-state index contributed by atoms with van der Waals surface area (Å²) in [6.07, 6.45) is -9.60. The summed E-state index contributed by atoms with van der Waals surface area (Å²) >= 11 is 12.3. The number of para-hydroxylation sites is 3. The Bertz CT molecular complexity index is 2890. The van der Waals surface area contributed by atoms with Crippen LogP contribution in [0.15, 0.2) is 101 Å². The van der Waals surface area contributed by atoms with Crippen molar-refractivity contribution in [1.82, 2.24) is 10.2 Å². The van der Waals surface area contributed by atoms with Crippen molar-refractivity contribution >= 4 is 69.9 Å². The Morgan fingerprint density at radius 2 is 0.912 bits per heavy atom. The molecule has 10 N–H and O–H groups in total. The SMILES string of the molecule is CC(C)OC(=O)[C@H](C)N.CC(C)OC(=O)[C@H](C)N[P](=[W])(OC[C@H]1O[C@@H](C)[C@H](N)[C@@H]1O)Oc1ccccc1.CC(C)OC(=O)[C@H](C)N[P](=[W])(OC[C@H]1O[C@@H](C)[C@H](N=[N+]=[N-])[C@@H]1O)Oc1ccccc1.C[C@@H]1O[C@H](CO)[C@@H](O)[C@H]1N=[N+]=[N-].Cl.O=P(Cl)(Cl)Oc1ccccc1. The van der Waals surface area contributed by atoms with Crippen molar-refractivity contribution in [2.75, 3.05) is 19.8 Å². The monoisotopic (exact) mass is 1740 g/mol. The summed E-state index contributed by atoms with van der Waals surface area (Å²) in [5.74, 6) is 0.483. The van der Waals surface area contributed by atoms with Gasteiger partial charge >= 0.3 is 375 Å². The zero-order chi connectivity index (χ0) is 68.1. The fourth-order valence-electron chi connectivity index (χ4n) is 7.67. The second-order valence-electron chi connectivity index (χ2n) is 20.9. The molecule has 3 aromatic rings. The van der Waals surface area contributed by atoms with Gasteiger partial charge in [0.25, 0.3) is 0 Å². The number of nitrogens with zero attached hydrogens (tertiary/aromatic N) is 6. The molecule has 0 bridgehead atoms. The molecule has 17 atom stereocenters. The maximum atomic E-state index is 12.3. The van der Waals surface area contributed by atoms with E-state index in [0.29, 0.717) is 17.2 Å². The van der Waals surface area contributed by atoms with Crippen LogP contribution >= 0.6 is 52.0 Å². The molecule has 0 radical (unpaired) electrons. The van der Waals surface area contributed by atoms with Crippen molar-refractivity contribution in [3.8, 4) is 17.2 Å². The molecule has 29 nitrogen and oxygen atoms in total. The Labute approximate surface area is 567 Å². The average molecular weight is 1750 g/mol. The number of carbonyl (C=O) groups excluding carboxylic acids is 3. The Balaban J connectivity index is 0.000000617. The molecule has 3 heterocycles. The third-order valence-corrected chi connectivity index (χ3v) is 22.3. The van der Waals surface area contributed by atoms with E-state index < -0.39 is 102 Å². The summed E-state index contributed by atoms with van der Waals surface area (Å²) in [5.41, 5.74) is 22.6. The van der Waals surface area contributed by atoms with Gasteiger partial charge < -0.3 is 29.9 Å². The number of nitrogens with one attached hydrogen (secondary N) is 2. The van der Waals surface area contributed by atoms with E-state index in [-0.39, 0.29) is 74.7 Å². The summed E-state index contributed by atoms with van der Waals surface area (Å²) in [7, 11) is 0. The zero-order valence-corrected chi connectivity index (χ0v) is 63.1. The van der Waals surface area contributed by atoms with E-state index in [1.807, 2.05) is 55.5 Å². The molecule has 6 rings (SSSR count). The topological polar surface area (TPSA) is 424 Å². The van der Waals surface area contributed by atoms with Gasteiger partial charge in [-0.3, -0.25) is 4.79 Å². The number of benzene rings is 3. The molecule has 514 valence electrons. The summed E-state index contributed by atoms with van der Waals surface area (Å²) in [6.45, 7) is 20.8. The summed E-state index contributed by atoms with van der Waals surface area (Å²) in [6, 6.07) is 23.3. The van der Waals surface area contributed by atoms with Crippen LogP contribution in [0.3, 0.4) is 0 Å². The van der Waals surface area contributed by atoms with Crippen molar-refractivity contribution < 1.29 is 128 Å². The van der Waals surface area contributed by atoms with Crippen LogP contribution in [0.2, 0.25) is 0 Å². The Morgan fingerprint density at radius 3 is 1.20 bits per heavy atom. The second-order valence-corrected chi connectivity index (χ2v) is 38.9. The van der Waals surface area contributed by atoms with Crippen LogP contribution in [0.4, 0.5) is 0 Å².